The van der Waals surface area contributed by atoms with E-state index in [2.05, 4.69) is 20.6 Å². The first-order valence-electron chi connectivity index (χ1n) is 5.81. The Morgan fingerprint density at radius 2 is 1.89 bits per heavy atom. The smallest absolute Gasteiger partial charge is 0.370 e. The van der Waals surface area contributed by atoms with Crippen LogP contribution < -0.4 is 10.6 Å². The molecule has 0 saturated carbocycles. The highest BCUT2D eigenvalue weighted by Gasteiger charge is 2.26. The van der Waals surface area contributed by atoms with Crippen LogP contribution in [-0.2, 0) is 0 Å². The molecule has 7 heteroatoms. The van der Waals surface area contributed by atoms with Crippen LogP contribution in [0.4, 0.5) is 24.9 Å². The van der Waals surface area contributed by atoms with Crippen LogP contribution in [0.15, 0.2) is 6.07 Å². The molecule has 102 valence electrons. The predicted molar refractivity (Wildman–Crippen MR) is 64.7 cm³/mol. The van der Waals surface area contributed by atoms with Gasteiger partial charge in [0.25, 0.3) is 0 Å². The van der Waals surface area contributed by atoms with Crippen molar-refractivity contribution in [1.29, 1.82) is 0 Å². The summed E-state index contributed by atoms with van der Waals surface area (Å²) in [6, 6.07) is 1.62. The van der Waals surface area contributed by atoms with Gasteiger partial charge in [0.1, 0.15) is 5.82 Å². The molecule has 0 bridgehead atoms. The maximum absolute atomic E-state index is 12.0. The van der Waals surface area contributed by atoms with E-state index in [0.717, 1.165) is 13.0 Å². The van der Waals surface area contributed by atoms with Gasteiger partial charge in [0.05, 0.1) is 6.42 Å². The fourth-order valence-corrected chi connectivity index (χ4v) is 1.31. The molecule has 0 amide bonds. The van der Waals surface area contributed by atoms with Gasteiger partial charge in [-0.25, -0.2) is 4.98 Å². The minimum atomic E-state index is -4.15. The summed E-state index contributed by atoms with van der Waals surface area (Å²) in [7, 11) is 0. The van der Waals surface area contributed by atoms with Gasteiger partial charge in [0.2, 0.25) is 5.95 Å². The Bertz CT molecular complexity index is 379. The number of nitrogens with zero attached hydrogens (tertiary/aromatic N) is 2. The molecular weight excluding hydrogens is 245 g/mol. The quantitative estimate of drug-likeness (QED) is 0.827. The van der Waals surface area contributed by atoms with Gasteiger partial charge in [0.15, 0.2) is 0 Å². The third-order valence-corrected chi connectivity index (χ3v) is 2.10. The number of rotatable bonds is 6. The molecule has 0 saturated heterocycles. The molecule has 0 fully saturated rings. The van der Waals surface area contributed by atoms with Gasteiger partial charge in [0, 0.05) is 24.8 Å². The van der Waals surface area contributed by atoms with E-state index >= 15 is 0 Å². The minimum absolute atomic E-state index is 0.187. The van der Waals surface area contributed by atoms with Crippen molar-refractivity contribution in [2.24, 2.45) is 0 Å². The van der Waals surface area contributed by atoms with E-state index in [1.54, 1.807) is 13.0 Å². The molecule has 18 heavy (non-hydrogen) atoms. The SMILES string of the molecule is CCCNc1nc(C)cc(NCCC(F)(F)F)n1. The summed E-state index contributed by atoms with van der Waals surface area (Å²) in [4.78, 5) is 8.23. The van der Waals surface area contributed by atoms with E-state index in [0.29, 0.717) is 17.5 Å². The zero-order chi connectivity index (χ0) is 13.6. The molecule has 1 rings (SSSR count). The van der Waals surface area contributed by atoms with Gasteiger partial charge >= 0.3 is 6.18 Å². The number of alkyl halides is 3. The molecule has 0 aliphatic carbocycles. The van der Waals surface area contributed by atoms with Gasteiger partial charge in [-0.2, -0.15) is 18.2 Å². The Morgan fingerprint density at radius 1 is 1.17 bits per heavy atom. The van der Waals surface area contributed by atoms with Crippen molar-refractivity contribution in [3.63, 3.8) is 0 Å². The minimum Gasteiger partial charge on any atom is -0.370 e. The lowest BCUT2D eigenvalue weighted by molar-refractivity contribution is -0.131. The second-order valence-electron chi connectivity index (χ2n) is 3.94. The third-order valence-electron chi connectivity index (χ3n) is 2.10. The lowest BCUT2D eigenvalue weighted by Gasteiger charge is -2.10. The van der Waals surface area contributed by atoms with Crippen LogP contribution in [0.25, 0.3) is 0 Å². The Morgan fingerprint density at radius 3 is 2.50 bits per heavy atom. The van der Waals surface area contributed by atoms with Crippen molar-refractivity contribution in [3.8, 4) is 0 Å². The van der Waals surface area contributed by atoms with E-state index in [9.17, 15) is 13.2 Å². The van der Waals surface area contributed by atoms with Crippen molar-refractivity contribution < 1.29 is 13.2 Å². The van der Waals surface area contributed by atoms with E-state index < -0.39 is 12.6 Å². The number of nitrogens with one attached hydrogen (secondary N) is 2. The molecule has 2 N–H and O–H groups in total. The summed E-state index contributed by atoms with van der Waals surface area (Å²) < 4.78 is 36.0. The van der Waals surface area contributed by atoms with Crippen molar-refractivity contribution in [3.05, 3.63) is 11.8 Å². The van der Waals surface area contributed by atoms with Gasteiger partial charge in [-0.3, -0.25) is 0 Å². The fourth-order valence-electron chi connectivity index (χ4n) is 1.31. The molecule has 4 nitrogen and oxygen atoms in total. The summed E-state index contributed by atoms with van der Waals surface area (Å²) >= 11 is 0. The Hall–Kier alpha value is -1.53. The maximum atomic E-state index is 12.0. The Kier molecular flexibility index (Phi) is 5.18. The zero-order valence-corrected chi connectivity index (χ0v) is 10.4. The van der Waals surface area contributed by atoms with Crippen LogP contribution in [0.2, 0.25) is 0 Å². The summed E-state index contributed by atoms with van der Waals surface area (Å²) in [5.74, 6) is 0.844. The van der Waals surface area contributed by atoms with Crippen molar-refractivity contribution in [2.75, 3.05) is 23.7 Å². The summed E-state index contributed by atoms with van der Waals surface area (Å²) in [6.07, 6.45) is -4.11. The van der Waals surface area contributed by atoms with Gasteiger partial charge in [-0.05, 0) is 13.3 Å². The van der Waals surface area contributed by atoms with Crippen molar-refractivity contribution in [1.82, 2.24) is 9.97 Å². The second-order valence-corrected chi connectivity index (χ2v) is 3.94. The van der Waals surface area contributed by atoms with Crippen LogP contribution in [0.1, 0.15) is 25.5 Å². The summed E-state index contributed by atoms with van der Waals surface area (Å²) in [5.41, 5.74) is 0.707. The van der Waals surface area contributed by atoms with E-state index in [-0.39, 0.29) is 6.54 Å². The molecule has 0 radical (unpaired) electrons. The van der Waals surface area contributed by atoms with E-state index in [1.165, 1.54) is 0 Å². The van der Waals surface area contributed by atoms with Crippen LogP contribution >= 0.6 is 0 Å². The molecule has 1 aromatic heterocycles. The van der Waals surface area contributed by atoms with Crippen molar-refractivity contribution in [2.45, 2.75) is 32.9 Å². The number of halogens is 3. The maximum Gasteiger partial charge on any atom is 0.390 e. The lowest BCUT2D eigenvalue weighted by atomic mass is 10.4. The third kappa shape index (κ3) is 5.70. The molecule has 0 unspecified atom stereocenters. The van der Waals surface area contributed by atoms with Crippen LogP contribution in [0, 0.1) is 6.92 Å². The van der Waals surface area contributed by atoms with Crippen LogP contribution in [-0.4, -0.2) is 29.2 Å². The monoisotopic (exact) mass is 262 g/mol. The number of aryl methyl sites for hydroxylation is 1. The number of hydrogen-bond donors (Lipinski definition) is 2. The lowest BCUT2D eigenvalue weighted by Crippen LogP contribution is -2.16. The Labute approximate surface area is 104 Å². The number of aromatic nitrogens is 2. The average molecular weight is 262 g/mol. The summed E-state index contributed by atoms with van der Waals surface area (Å²) in [6.45, 7) is 4.32. The predicted octanol–water partition coefficient (Wildman–Crippen LogP) is 2.97. The molecular formula is C11H17F3N4. The van der Waals surface area contributed by atoms with Crippen LogP contribution in [0.3, 0.4) is 0 Å². The molecule has 1 aromatic rings. The fraction of sp³-hybridized carbons (Fsp3) is 0.636. The molecule has 0 atom stereocenters. The number of anilines is 2. The largest absolute Gasteiger partial charge is 0.390 e. The highest BCUT2D eigenvalue weighted by molar-refractivity contribution is 5.42. The highest BCUT2D eigenvalue weighted by Crippen LogP contribution is 2.19. The second kappa shape index (κ2) is 6.42. The van der Waals surface area contributed by atoms with Gasteiger partial charge in [-0.15, -0.1) is 0 Å². The molecule has 0 aliphatic rings. The van der Waals surface area contributed by atoms with Crippen molar-refractivity contribution >= 4 is 11.8 Å². The summed E-state index contributed by atoms with van der Waals surface area (Å²) in [5, 5.41) is 5.65. The topological polar surface area (TPSA) is 49.8 Å². The first-order chi connectivity index (χ1) is 8.40. The zero-order valence-electron chi connectivity index (χ0n) is 10.4. The standard InChI is InChI=1S/C11H17F3N4/c1-3-5-16-10-17-8(2)7-9(18-10)15-6-4-11(12,13)14/h7H,3-6H2,1-2H3,(H2,15,16,17,18). The van der Waals surface area contributed by atoms with Gasteiger partial charge in [-0.1, -0.05) is 6.92 Å². The molecule has 0 aliphatic heterocycles. The van der Waals surface area contributed by atoms with Gasteiger partial charge < -0.3 is 10.6 Å². The first-order valence-corrected chi connectivity index (χ1v) is 5.81. The molecule has 0 spiro atoms. The van der Waals surface area contributed by atoms with Crippen LogP contribution in [0.5, 0.6) is 0 Å². The van der Waals surface area contributed by atoms with E-state index in [1.807, 2.05) is 6.92 Å². The average Bonchev–Trinajstić information content (AvgIpc) is 2.24. The molecule has 0 aromatic carbocycles. The first kappa shape index (κ1) is 14.5. The van der Waals surface area contributed by atoms with E-state index in [4.69, 9.17) is 0 Å². The number of hydrogen-bond acceptors (Lipinski definition) is 4. The molecule has 1 heterocycles. The normalized spacial score (nSPS) is 11.4. The highest BCUT2D eigenvalue weighted by atomic mass is 19.4. The Balaban J connectivity index is 2.57.